The molecule has 0 aliphatic carbocycles. The highest BCUT2D eigenvalue weighted by atomic mass is 16.5. The minimum absolute atomic E-state index is 0.486. The molecule has 0 N–H and O–H groups in total. The van der Waals surface area contributed by atoms with Crippen molar-refractivity contribution in [3.05, 3.63) is 109 Å². The van der Waals surface area contributed by atoms with Gasteiger partial charge in [0, 0.05) is 35.9 Å². The van der Waals surface area contributed by atoms with Gasteiger partial charge in [0.25, 0.3) is 0 Å². The fourth-order valence-corrected chi connectivity index (χ4v) is 2.91. The van der Waals surface area contributed by atoms with Gasteiger partial charge in [0.15, 0.2) is 0 Å². The molecule has 0 saturated carbocycles. The van der Waals surface area contributed by atoms with Gasteiger partial charge in [-0.3, -0.25) is 9.97 Å². The maximum absolute atomic E-state index is 6.10. The molecule has 28 heavy (non-hydrogen) atoms. The van der Waals surface area contributed by atoms with Gasteiger partial charge in [0.2, 0.25) is 0 Å². The highest BCUT2D eigenvalue weighted by Gasteiger charge is 2.11. The molecule has 0 unspecified atom stereocenters. The topological polar surface area (TPSA) is 44.2 Å². The van der Waals surface area contributed by atoms with Gasteiger partial charge in [0.1, 0.15) is 24.7 Å². The fraction of sp³-hybridized carbons (Fsp3) is 0.0833. The normalized spacial score (nSPS) is 10.4. The lowest BCUT2D eigenvalue weighted by Gasteiger charge is -2.15. The van der Waals surface area contributed by atoms with E-state index in [1.807, 2.05) is 60.7 Å². The first kappa shape index (κ1) is 17.7. The molecule has 0 aliphatic rings. The zero-order chi connectivity index (χ0) is 19.0. The van der Waals surface area contributed by atoms with Crippen molar-refractivity contribution >= 4 is 0 Å². The average Bonchev–Trinajstić information content (AvgIpc) is 2.78. The summed E-state index contributed by atoms with van der Waals surface area (Å²) < 4.78 is 12.2. The molecule has 0 spiro atoms. The van der Waals surface area contributed by atoms with E-state index in [9.17, 15) is 0 Å². The lowest BCUT2D eigenvalue weighted by atomic mass is 10.0. The Hall–Kier alpha value is -3.66. The van der Waals surface area contributed by atoms with E-state index in [0.29, 0.717) is 13.2 Å². The summed E-state index contributed by atoms with van der Waals surface area (Å²) >= 11 is 0. The zero-order valence-electron chi connectivity index (χ0n) is 15.4. The van der Waals surface area contributed by atoms with Crippen molar-refractivity contribution in [2.24, 2.45) is 0 Å². The third-order valence-corrected chi connectivity index (χ3v) is 4.35. The van der Waals surface area contributed by atoms with Crippen LogP contribution in [0.25, 0.3) is 11.1 Å². The molecule has 0 radical (unpaired) electrons. The minimum Gasteiger partial charge on any atom is -0.488 e. The molecule has 0 bridgehead atoms. The van der Waals surface area contributed by atoms with Crippen LogP contribution in [0.3, 0.4) is 0 Å². The van der Waals surface area contributed by atoms with Crippen LogP contribution < -0.4 is 9.47 Å². The number of ether oxygens (including phenoxy) is 2. The zero-order valence-corrected chi connectivity index (χ0v) is 15.4. The Morgan fingerprint density at radius 3 is 1.32 bits per heavy atom. The molecule has 2 heterocycles. The number of nitrogens with zero attached hydrogens (tertiary/aromatic N) is 2. The lowest BCUT2D eigenvalue weighted by molar-refractivity contribution is 0.302. The maximum Gasteiger partial charge on any atom is 0.127 e. The van der Waals surface area contributed by atoms with Crippen LogP contribution in [0.4, 0.5) is 0 Å². The largest absolute Gasteiger partial charge is 0.488 e. The average molecular weight is 368 g/mol. The number of pyridine rings is 2. The monoisotopic (exact) mass is 368 g/mol. The van der Waals surface area contributed by atoms with Crippen LogP contribution in [0.1, 0.15) is 11.1 Å². The molecule has 0 fully saturated rings. The first-order valence-electron chi connectivity index (χ1n) is 9.12. The SMILES string of the molecule is c1ccc(-c2ccccc2OCc2ccncc2)c(OCc2ccncc2)c1. The Bertz CT molecular complexity index is 936. The van der Waals surface area contributed by atoms with Crippen molar-refractivity contribution in [3.8, 4) is 22.6 Å². The fourth-order valence-electron chi connectivity index (χ4n) is 2.91. The van der Waals surface area contributed by atoms with Gasteiger partial charge in [-0.05, 0) is 47.5 Å². The first-order valence-corrected chi connectivity index (χ1v) is 9.12. The van der Waals surface area contributed by atoms with Crippen molar-refractivity contribution in [3.63, 3.8) is 0 Å². The van der Waals surface area contributed by atoms with E-state index in [4.69, 9.17) is 9.47 Å². The molecule has 4 aromatic rings. The molecule has 2 aromatic heterocycles. The van der Waals surface area contributed by atoms with Crippen molar-refractivity contribution in [2.75, 3.05) is 0 Å². The minimum atomic E-state index is 0.486. The predicted octanol–water partition coefficient (Wildman–Crippen LogP) is 5.30. The number of para-hydroxylation sites is 2. The molecule has 0 saturated heterocycles. The second-order valence-electron chi connectivity index (χ2n) is 6.28. The summed E-state index contributed by atoms with van der Waals surface area (Å²) in [7, 11) is 0. The molecule has 138 valence electrons. The molecule has 0 aliphatic heterocycles. The first-order chi connectivity index (χ1) is 13.9. The third kappa shape index (κ3) is 4.35. The summed E-state index contributed by atoms with van der Waals surface area (Å²) in [5, 5.41) is 0. The van der Waals surface area contributed by atoms with Crippen molar-refractivity contribution in [1.29, 1.82) is 0 Å². The van der Waals surface area contributed by atoms with E-state index in [1.54, 1.807) is 24.8 Å². The molecular formula is C24H20N2O2. The summed E-state index contributed by atoms with van der Waals surface area (Å²) in [6, 6.07) is 23.9. The predicted molar refractivity (Wildman–Crippen MR) is 109 cm³/mol. The summed E-state index contributed by atoms with van der Waals surface area (Å²) in [5.74, 6) is 1.64. The van der Waals surface area contributed by atoms with Crippen molar-refractivity contribution in [2.45, 2.75) is 13.2 Å². The number of hydrogen-bond acceptors (Lipinski definition) is 4. The van der Waals surface area contributed by atoms with Gasteiger partial charge in [-0.15, -0.1) is 0 Å². The van der Waals surface area contributed by atoms with Gasteiger partial charge in [0.05, 0.1) is 0 Å². The van der Waals surface area contributed by atoms with E-state index >= 15 is 0 Å². The Morgan fingerprint density at radius 1 is 0.500 bits per heavy atom. The van der Waals surface area contributed by atoms with Crippen LogP contribution in [0.2, 0.25) is 0 Å². The van der Waals surface area contributed by atoms with Crippen molar-refractivity contribution in [1.82, 2.24) is 9.97 Å². The Morgan fingerprint density at radius 2 is 0.893 bits per heavy atom. The molecule has 0 amide bonds. The summed E-state index contributed by atoms with van der Waals surface area (Å²) in [5.41, 5.74) is 4.16. The number of rotatable bonds is 7. The maximum atomic E-state index is 6.10. The van der Waals surface area contributed by atoms with E-state index in [-0.39, 0.29) is 0 Å². The van der Waals surface area contributed by atoms with E-state index < -0.39 is 0 Å². The standard InChI is InChI=1S/C24H20N2O2/c1-3-7-23(27-17-19-9-13-25-14-10-19)21(5-1)22-6-2-4-8-24(22)28-18-20-11-15-26-16-12-20/h1-16H,17-18H2. The molecular weight excluding hydrogens is 348 g/mol. The van der Waals surface area contributed by atoms with Gasteiger partial charge in [-0.25, -0.2) is 0 Å². The molecule has 4 rings (SSSR count). The van der Waals surface area contributed by atoms with Crippen LogP contribution in [0.5, 0.6) is 11.5 Å². The van der Waals surface area contributed by atoms with Crippen molar-refractivity contribution < 1.29 is 9.47 Å². The quantitative estimate of drug-likeness (QED) is 0.444. The molecule has 0 atom stereocenters. The van der Waals surface area contributed by atoms with E-state index in [0.717, 1.165) is 33.8 Å². The lowest BCUT2D eigenvalue weighted by Crippen LogP contribution is -1.99. The highest BCUT2D eigenvalue weighted by molar-refractivity contribution is 5.75. The smallest absolute Gasteiger partial charge is 0.127 e. The van der Waals surface area contributed by atoms with Gasteiger partial charge < -0.3 is 9.47 Å². The Labute approximate surface area is 164 Å². The Balaban J connectivity index is 1.57. The summed E-state index contributed by atoms with van der Waals surface area (Å²) in [6.07, 6.45) is 7.08. The van der Waals surface area contributed by atoms with Gasteiger partial charge in [-0.2, -0.15) is 0 Å². The number of benzene rings is 2. The third-order valence-electron chi connectivity index (χ3n) is 4.35. The van der Waals surface area contributed by atoms with Gasteiger partial charge >= 0.3 is 0 Å². The number of aromatic nitrogens is 2. The van der Waals surface area contributed by atoms with Crippen LogP contribution in [0.15, 0.2) is 97.6 Å². The van der Waals surface area contributed by atoms with Crippen LogP contribution in [-0.4, -0.2) is 9.97 Å². The molecule has 4 heteroatoms. The van der Waals surface area contributed by atoms with E-state index in [2.05, 4.69) is 22.1 Å². The molecule has 2 aromatic carbocycles. The van der Waals surface area contributed by atoms with Gasteiger partial charge in [-0.1, -0.05) is 36.4 Å². The summed E-state index contributed by atoms with van der Waals surface area (Å²) in [6.45, 7) is 0.971. The second-order valence-corrected chi connectivity index (χ2v) is 6.28. The summed E-state index contributed by atoms with van der Waals surface area (Å²) in [4.78, 5) is 8.09. The highest BCUT2D eigenvalue weighted by Crippen LogP contribution is 2.36. The Kier molecular flexibility index (Phi) is 5.59. The van der Waals surface area contributed by atoms with Crippen LogP contribution in [-0.2, 0) is 13.2 Å². The van der Waals surface area contributed by atoms with E-state index in [1.165, 1.54) is 0 Å². The number of hydrogen-bond donors (Lipinski definition) is 0. The molecule has 4 nitrogen and oxygen atoms in total. The second kappa shape index (κ2) is 8.82. The van der Waals surface area contributed by atoms with Crippen LogP contribution >= 0.6 is 0 Å². The van der Waals surface area contributed by atoms with Crippen LogP contribution in [0, 0.1) is 0 Å².